The van der Waals surface area contributed by atoms with Crippen LogP contribution in [-0.2, 0) is 19.6 Å². The van der Waals surface area contributed by atoms with E-state index in [1.54, 1.807) is 0 Å². The summed E-state index contributed by atoms with van der Waals surface area (Å²) in [5, 5.41) is 0. The maximum absolute atomic E-state index is 13.1. The molecule has 0 radical (unpaired) electrons. The van der Waals surface area contributed by atoms with E-state index in [1.807, 2.05) is 0 Å². The second-order valence-corrected chi connectivity index (χ2v) is 10.1. The van der Waals surface area contributed by atoms with Crippen LogP contribution < -0.4 is 0 Å². The minimum absolute atomic E-state index is 0.00716. The Kier molecular flexibility index (Phi) is 15.4. The predicted molar refractivity (Wildman–Crippen MR) is 115 cm³/mol. The van der Waals surface area contributed by atoms with E-state index in [1.165, 1.54) is 51.4 Å². The Balaban J connectivity index is 4.18. The number of esters is 1. The molecule has 0 spiro atoms. The van der Waals surface area contributed by atoms with Gasteiger partial charge in [-0.25, -0.2) is 8.42 Å². The van der Waals surface area contributed by atoms with Gasteiger partial charge in [-0.05, 0) is 6.42 Å². The van der Waals surface area contributed by atoms with E-state index in [2.05, 4.69) is 11.7 Å². The Labute approximate surface area is 198 Å². The Hall–Kier alpha value is -1.04. The van der Waals surface area contributed by atoms with Crippen LogP contribution in [0.2, 0.25) is 0 Å². The average Bonchev–Trinajstić information content (AvgIpc) is 2.67. The summed E-state index contributed by atoms with van der Waals surface area (Å²) < 4.78 is 114. The number of unbranched alkanes of at least 4 members (excludes halogenated alkanes) is 14. The van der Waals surface area contributed by atoms with Crippen molar-refractivity contribution in [2.75, 3.05) is 5.75 Å². The van der Waals surface area contributed by atoms with Crippen LogP contribution in [0, 0.1) is 0 Å². The first-order valence-corrected chi connectivity index (χ1v) is 13.5. The lowest BCUT2D eigenvalue weighted by atomic mass is 10.0. The molecule has 0 aromatic carbocycles. The van der Waals surface area contributed by atoms with Crippen molar-refractivity contribution in [1.29, 1.82) is 0 Å². The van der Waals surface area contributed by atoms with Gasteiger partial charge in [0.25, 0.3) is 0 Å². The van der Waals surface area contributed by atoms with Crippen LogP contribution in [0.4, 0.5) is 26.3 Å². The van der Waals surface area contributed by atoms with Crippen LogP contribution >= 0.6 is 0 Å². The molecule has 0 unspecified atom stereocenters. The molecule has 0 aliphatic carbocycles. The fourth-order valence-electron chi connectivity index (χ4n) is 3.60. The van der Waals surface area contributed by atoms with Crippen molar-refractivity contribution >= 4 is 16.1 Å². The van der Waals surface area contributed by atoms with Crippen LogP contribution in [-0.4, -0.2) is 42.6 Å². The zero-order valence-corrected chi connectivity index (χ0v) is 20.6. The number of carbonyl (C=O) groups excluding carboxylic acids is 1. The highest BCUT2D eigenvalue weighted by molar-refractivity contribution is 7.85. The number of halogens is 6. The first-order chi connectivity index (χ1) is 15.7. The van der Waals surface area contributed by atoms with Gasteiger partial charge >= 0.3 is 23.9 Å². The molecule has 0 atom stereocenters. The van der Waals surface area contributed by atoms with Gasteiger partial charge in [-0.15, -0.1) is 0 Å². The summed E-state index contributed by atoms with van der Waals surface area (Å²) in [4.78, 5) is 11.7. The van der Waals surface area contributed by atoms with E-state index in [0.29, 0.717) is 12.8 Å². The molecule has 0 aromatic rings. The maximum Gasteiger partial charge on any atom is 0.438 e. The molecular weight excluding hydrogens is 490 g/mol. The molecule has 12 heteroatoms. The second-order valence-electron chi connectivity index (χ2n) is 8.70. The maximum atomic E-state index is 13.1. The molecule has 5 nitrogen and oxygen atoms in total. The number of carbonyl (C=O) groups is 1. The number of rotatable bonds is 19. The zero-order valence-electron chi connectivity index (χ0n) is 19.7. The molecule has 0 aliphatic rings. The third-order valence-electron chi connectivity index (χ3n) is 5.57. The highest BCUT2D eigenvalue weighted by Crippen LogP contribution is 2.47. The summed E-state index contributed by atoms with van der Waals surface area (Å²) in [6.07, 6.45) is 1.56. The van der Waals surface area contributed by atoms with Crippen LogP contribution in [0.1, 0.15) is 110 Å². The smallest absolute Gasteiger partial charge is 0.438 e. The van der Waals surface area contributed by atoms with Crippen LogP contribution in [0.5, 0.6) is 0 Å². The van der Waals surface area contributed by atoms with Crippen molar-refractivity contribution in [1.82, 2.24) is 0 Å². The molecular formula is C22H37F6O5S-. The topological polar surface area (TPSA) is 83.5 Å². The largest absolute Gasteiger partial charge is 0.748 e. The highest BCUT2D eigenvalue weighted by atomic mass is 32.2. The Bertz CT molecular complexity index is 648. The molecule has 0 amide bonds. The van der Waals surface area contributed by atoms with Crippen molar-refractivity contribution < 1.29 is 48.8 Å². The number of hydrogen-bond donors (Lipinski definition) is 0. The van der Waals surface area contributed by atoms with Crippen LogP contribution in [0.25, 0.3) is 0 Å². The summed E-state index contributed by atoms with van der Waals surface area (Å²) in [5.74, 6) is -4.81. The number of alkyl halides is 6. The zero-order chi connectivity index (χ0) is 26.3. The Morgan fingerprint density at radius 2 is 1.00 bits per heavy atom. The second kappa shape index (κ2) is 15.9. The molecule has 0 rings (SSSR count). The number of ether oxygens (including phenoxy) is 1. The molecule has 204 valence electrons. The van der Waals surface area contributed by atoms with E-state index in [0.717, 1.165) is 25.7 Å². The SMILES string of the molecule is CCCCCCCCCCCCCCCCCC(=O)OC(CS(=O)(=O)[O-])(C(F)(F)F)C(F)(F)F. The van der Waals surface area contributed by atoms with E-state index in [9.17, 15) is 44.1 Å². The van der Waals surface area contributed by atoms with Gasteiger partial charge in [-0.1, -0.05) is 96.8 Å². The predicted octanol–water partition coefficient (Wildman–Crippen LogP) is 7.20. The molecule has 0 heterocycles. The van der Waals surface area contributed by atoms with Crippen molar-refractivity contribution in [3.63, 3.8) is 0 Å². The Morgan fingerprint density at radius 1 is 0.676 bits per heavy atom. The Morgan fingerprint density at radius 3 is 1.29 bits per heavy atom. The lowest BCUT2D eigenvalue weighted by molar-refractivity contribution is -0.361. The first-order valence-electron chi connectivity index (χ1n) is 11.9. The van der Waals surface area contributed by atoms with Gasteiger partial charge in [0.1, 0.15) is 0 Å². The lowest BCUT2D eigenvalue weighted by Crippen LogP contribution is -2.63. The molecule has 0 aliphatic heterocycles. The van der Waals surface area contributed by atoms with Gasteiger partial charge in [0, 0.05) is 6.42 Å². The van der Waals surface area contributed by atoms with Crippen molar-refractivity contribution in [2.45, 2.75) is 128 Å². The van der Waals surface area contributed by atoms with Gasteiger partial charge in [0.2, 0.25) is 0 Å². The van der Waals surface area contributed by atoms with Gasteiger partial charge in [0.05, 0.1) is 15.9 Å². The minimum atomic E-state index is -6.33. The molecule has 0 fully saturated rings. The third kappa shape index (κ3) is 13.7. The average molecular weight is 528 g/mol. The van der Waals surface area contributed by atoms with Gasteiger partial charge in [-0.3, -0.25) is 4.79 Å². The van der Waals surface area contributed by atoms with Crippen LogP contribution in [0.3, 0.4) is 0 Å². The normalized spacial score (nSPS) is 13.3. The fraction of sp³-hybridized carbons (Fsp3) is 0.955. The monoisotopic (exact) mass is 527 g/mol. The highest BCUT2D eigenvalue weighted by Gasteiger charge is 2.75. The fourth-order valence-corrected chi connectivity index (χ4v) is 4.49. The number of hydrogen-bond acceptors (Lipinski definition) is 5. The lowest BCUT2D eigenvalue weighted by Gasteiger charge is -2.36. The minimum Gasteiger partial charge on any atom is -0.748 e. The van der Waals surface area contributed by atoms with E-state index >= 15 is 0 Å². The van der Waals surface area contributed by atoms with Gasteiger partial charge in [0.15, 0.2) is 0 Å². The summed E-state index contributed by atoms with van der Waals surface area (Å²) in [7, 11) is -6.01. The molecule has 34 heavy (non-hydrogen) atoms. The third-order valence-corrected chi connectivity index (χ3v) is 6.33. The van der Waals surface area contributed by atoms with E-state index in [4.69, 9.17) is 0 Å². The van der Waals surface area contributed by atoms with Crippen molar-refractivity contribution in [3.8, 4) is 0 Å². The summed E-state index contributed by atoms with van der Waals surface area (Å²) in [6, 6.07) is 0. The van der Waals surface area contributed by atoms with Gasteiger partial charge in [-0.2, -0.15) is 26.3 Å². The molecule has 0 bridgehead atoms. The first kappa shape index (κ1) is 33.0. The molecule has 0 saturated carbocycles. The van der Waals surface area contributed by atoms with Crippen molar-refractivity contribution in [3.05, 3.63) is 0 Å². The summed E-state index contributed by atoms with van der Waals surface area (Å²) in [5.41, 5.74) is -5.38. The standard InChI is InChI=1S/C22H38F6O5S/c1-2-3-4-5-6-7-8-9-10-11-12-13-14-15-16-17-19(29)33-20(21(23,24)25,22(26,27)28)18-34(30,31)32/h2-18H2,1H3,(H,30,31,32)/p-1. The quantitative estimate of drug-likeness (QED) is 0.0768. The van der Waals surface area contributed by atoms with Gasteiger partial charge < -0.3 is 9.29 Å². The molecule has 0 N–H and O–H groups in total. The molecule has 0 aromatic heterocycles. The van der Waals surface area contributed by atoms with Crippen LogP contribution in [0.15, 0.2) is 0 Å². The molecule has 0 saturated heterocycles. The van der Waals surface area contributed by atoms with E-state index < -0.39 is 46.2 Å². The summed E-state index contributed by atoms with van der Waals surface area (Å²) in [6.45, 7) is 2.18. The summed E-state index contributed by atoms with van der Waals surface area (Å²) >= 11 is 0. The van der Waals surface area contributed by atoms with Crippen molar-refractivity contribution in [2.24, 2.45) is 0 Å². The van der Waals surface area contributed by atoms with E-state index in [-0.39, 0.29) is 6.42 Å².